The Morgan fingerprint density at radius 1 is 1.16 bits per heavy atom. The summed E-state index contributed by atoms with van der Waals surface area (Å²) in [7, 11) is 1.43. The van der Waals surface area contributed by atoms with Gasteiger partial charge in [0.25, 0.3) is 0 Å². The van der Waals surface area contributed by atoms with Crippen molar-refractivity contribution in [2.24, 2.45) is 5.92 Å². The SMILES string of the molecule is COc1ccc(NC(=O)CNC(=O)CC2CCCCC2)c(C(=O)O)c1. The number of rotatable bonds is 7. The van der Waals surface area contributed by atoms with Crippen molar-refractivity contribution in [3.63, 3.8) is 0 Å². The number of carboxylic acids is 1. The fraction of sp³-hybridized carbons (Fsp3) is 0.500. The predicted molar refractivity (Wildman–Crippen MR) is 92.8 cm³/mol. The van der Waals surface area contributed by atoms with Gasteiger partial charge in [-0.2, -0.15) is 0 Å². The van der Waals surface area contributed by atoms with Crippen LogP contribution in [0.15, 0.2) is 18.2 Å². The van der Waals surface area contributed by atoms with Crippen LogP contribution in [0.5, 0.6) is 5.75 Å². The maximum atomic E-state index is 12.0. The monoisotopic (exact) mass is 348 g/mol. The Morgan fingerprint density at radius 3 is 2.52 bits per heavy atom. The highest BCUT2D eigenvalue weighted by atomic mass is 16.5. The molecule has 2 rings (SSSR count). The number of carbonyl (C=O) groups is 3. The van der Waals surface area contributed by atoms with Gasteiger partial charge in [0.1, 0.15) is 5.75 Å². The van der Waals surface area contributed by atoms with Gasteiger partial charge >= 0.3 is 5.97 Å². The maximum absolute atomic E-state index is 12.0. The zero-order valence-electron chi connectivity index (χ0n) is 14.3. The molecular formula is C18H24N2O5. The molecule has 1 saturated carbocycles. The van der Waals surface area contributed by atoms with Crippen LogP contribution in [0, 0.1) is 5.92 Å². The van der Waals surface area contributed by atoms with Gasteiger partial charge in [-0.05, 0) is 37.0 Å². The van der Waals surface area contributed by atoms with Crippen molar-refractivity contribution >= 4 is 23.5 Å². The molecule has 7 nitrogen and oxygen atoms in total. The second-order valence-electron chi connectivity index (χ2n) is 6.25. The third-order valence-electron chi connectivity index (χ3n) is 4.38. The zero-order valence-corrected chi connectivity index (χ0v) is 14.3. The summed E-state index contributed by atoms with van der Waals surface area (Å²) in [6.45, 7) is -0.184. The van der Waals surface area contributed by atoms with E-state index in [9.17, 15) is 19.5 Å². The summed E-state index contributed by atoms with van der Waals surface area (Å²) in [5.41, 5.74) is 0.0982. The minimum Gasteiger partial charge on any atom is -0.497 e. The van der Waals surface area contributed by atoms with E-state index in [2.05, 4.69) is 10.6 Å². The number of aromatic carboxylic acids is 1. The number of hydrogen-bond acceptors (Lipinski definition) is 4. The zero-order chi connectivity index (χ0) is 18.2. The largest absolute Gasteiger partial charge is 0.497 e. The van der Waals surface area contributed by atoms with Crippen LogP contribution in [0.4, 0.5) is 5.69 Å². The Labute approximate surface area is 146 Å². The molecule has 0 saturated heterocycles. The van der Waals surface area contributed by atoms with Gasteiger partial charge in [-0.3, -0.25) is 9.59 Å². The van der Waals surface area contributed by atoms with Crippen molar-refractivity contribution in [2.75, 3.05) is 19.0 Å². The Morgan fingerprint density at radius 2 is 1.88 bits per heavy atom. The molecule has 0 bridgehead atoms. The standard InChI is InChI=1S/C18H24N2O5/c1-25-13-7-8-15(14(10-13)18(23)24)20-17(22)11-19-16(21)9-12-5-3-2-4-6-12/h7-8,10,12H,2-6,9,11H2,1H3,(H,19,21)(H,20,22)(H,23,24). The Balaban J connectivity index is 1.85. The summed E-state index contributed by atoms with van der Waals surface area (Å²) >= 11 is 0. The van der Waals surface area contributed by atoms with Crippen molar-refractivity contribution < 1.29 is 24.2 Å². The minimum atomic E-state index is -1.17. The van der Waals surface area contributed by atoms with Crippen molar-refractivity contribution in [1.29, 1.82) is 0 Å². The Bertz CT molecular complexity index is 638. The Kier molecular flexibility index (Phi) is 6.80. The molecule has 7 heteroatoms. The number of carboxylic acid groups (broad SMARTS) is 1. The number of hydrogen-bond donors (Lipinski definition) is 3. The molecule has 1 aromatic rings. The van der Waals surface area contributed by atoms with E-state index in [1.807, 2.05) is 0 Å². The van der Waals surface area contributed by atoms with Crippen molar-refractivity contribution in [2.45, 2.75) is 38.5 Å². The lowest BCUT2D eigenvalue weighted by molar-refractivity contribution is -0.125. The smallest absolute Gasteiger partial charge is 0.337 e. The van der Waals surface area contributed by atoms with Crippen LogP contribution in [0.2, 0.25) is 0 Å². The molecule has 3 N–H and O–H groups in total. The lowest BCUT2D eigenvalue weighted by atomic mass is 9.87. The third kappa shape index (κ3) is 5.77. The number of ether oxygens (including phenoxy) is 1. The van der Waals surface area contributed by atoms with Crippen LogP contribution < -0.4 is 15.4 Å². The lowest BCUT2D eigenvalue weighted by Crippen LogP contribution is -2.34. The van der Waals surface area contributed by atoms with Crippen LogP contribution in [0.1, 0.15) is 48.9 Å². The molecular weight excluding hydrogens is 324 g/mol. The van der Waals surface area contributed by atoms with Crippen LogP contribution in [0.3, 0.4) is 0 Å². The van der Waals surface area contributed by atoms with Gasteiger partial charge in [-0.1, -0.05) is 19.3 Å². The summed E-state index contributed by atoms with van der Waals surface area (Å²) in [6.07, 6.45) is 6.12. The van der Waals surface area contributed by atoms with Gasteiger partial charge in [0.05, 0.1) is 24.9 Å². The first-order valence-electron chi connectivity index (χ1n) is 8.47. The summed E-state index contributed by atoms with van der Waals surface area (Å²) < 4.78 is 4.98. The Hall–Kier alpha value is -2.57. The van der Waals surface area contributed by atoms with Crippen LogP contribution in [-0.4, -0.2) is 36.5 Å². The summed E-state index contributed by atoms with van der Waals surface area (Å²) in [5.74, 6) is -0.997. The maximum Gasteiger partial charge on any atom is 0.337 e. The van der Waals surface area contributed by atoms with E-state index >= 15 is 0 Å². The number of carbonyl (C=O) groups excluding carboxylic acids is 2. The van der Waals surface area contributed by atoms with E-state index in [1.54, 1.807) is 6.07 Å². The van der Waals surface area contributed by atoms with Gasteiger partial charge in [-0.25, -0.2) is 4.79 Å². The topological polar surface area (TPSA) is 105 Å². The molecule has 0 heterocycles. The number of benzene rings is 1. The van der Waals surface area contributed by atoms with E-state index in [0.717, 1.165) is 25.7 Å². The third-order valence-corrected chi connectivity index (χ3v) is 4.38. The number of nitrogens with one attached hydrogen (secondary N) is 2. The minimum absolute atomic E-state index is 0.0683. The van der Waals surface area contributed by atoms with E-state index < -0.39 is 11.9 Å². The molecule has 1 fully saturated rings. The van der Waals surface area contributed by atoms with E-state index in [0.29, 0.717) is 18.1 Å². The fourth-order valence-electron chi connectivity index (χ4n) is 3.04. The molecule has 25 heavy (non-hydrogen) atoms. The van der Waals surface area contributed by atoms with Gasteiger partial charge in [0.2, 0.25) is 11.8 Å². The molecule has 136 valence electrons. The lowest BCUT2D eigenvalue weighted by Gasteiger charge is -2.20. The van der Waals surface area contributed by atoms with Crippen LogP contribution in [0.25, 0.3) is 0 Å². The van der Waals surface area contributed by atoms with E-state index in [1.165, 1.54) is 25.7 Å². The van der Waals surface area contributed by atoms with Crippen LogP contribution >= 0.6 is 0 Å². The average molecular weight is 348 g/mol. The molecule has 0 unspecified atom stereocenters. The second kappa shape index (κ2) is 9.05. The highest BCUT2D eigenvalue weighted by molar-refractivity contribution is 6.02. The molecule has 0 aromatic heterocycles. The normalized spacial score (nSPS) is 14.6. The molecule has 2 amide bonds. The number of amides is 2. The van der Waals surface area contributed by atoms with Gasteiger partial charge in [0, 0.05) is 6.42 Å². The first kappa shape index (κ1) is 18.8. The highest BCUT2D eigenvalue weighted by Gasteiger charge is 2.18. The molecule has 1 aliphatic carbocycles. The first-order chi connectivity index (χ1) is 12.0. The van der Waals surface area contributed by atoms with Crippen molar-refractivity contribution in [1.82, 2.24) is 5.32 Å². The van der Waals surface area contributed by atoms with Crippen molar-refractivity contribution in [3.8, 4) is 5.75 Å². The molecule has 0 atom stereocenters. The predicted octanol–water partition coefficient (Wildman–Crippen LogP) is 2.42. The highest BCUT2D eigenvalue weighted by Crippen LogP contribution is 2.26. The van der Waals surface area contributed by atoms with E-state index in [4.69, 9.17) is 4.74 Å². The first-order valence-corrected chi connectivity index (χ1v) is 8.47. The van der Waals surface area contributed by atoms with E-state index in [-0.39, 0.29) is 23.7 Å². The quantitative estimate of drug-likeness (QED) is 0.702. The van der Waals surface area contributed by atoms with Gasteiger partial charge < -0.3 is 20.5 Å². The van der Waals surface area contributed by atoms with Crippen molar-refractivity contribution in [3.05, 3.63) is 23.8 Å². The molecule has 1 aromatic carbocycles. The molecule has 1 aliphatic rings. The fourth-order valence-corrected chi connectivity index (χ4v) is 3.04. The van der Waals surface area contributed by atoms with Gasteiger partial charge in [0.15, 0.2) is 0 Å². The molecule has 0 radical (unpaired) electrons. The molecule has 0 aliphatic heterocycles. The van der Waals surface area contributed by atoms with Crippen LogP contribution in [-0.2, 0) is 9.59 Å². The second-order valence-corrected chi connectivity index (χ2v) is 6.25. The number of methoxy groups -OCH3 is 1. The number of anilines is 1. The average Bonchev–Trinajstić information content (AvgIpc) is 2.61. The summed E-state index contributed by atoms with van der Waals surface area (Å²) in [6, 6.07) is 4.35. The summed E-state index contributed by atoms with van der Waals surface area (Å²) in [4.78, 5) is 35.2. The van der Waals surface area contributed by atoms with Gasteiger partial charge in [-0.15, -0.1) is 0 Å². The molecule has 0 spiro atoms. The summed E-state index contributed by atoms with van der Waals surface area (Å²) in [5, 5.41) is 14.3.